The third-order valence-electron chi connectivity index (χ3n) is 8.06. The summed E-state index contributed by atoms with van der Waals surface area (Å²) in [5.74, 6) is 2.23. The third-order valence-corrected chi connectivity index (χ3v) is 9.83. The second kappa shape index (κ2) is 13.7. The molecule has 0 spiro atoms. The van der Waals surface area contributed by atoms with E-state index in [1.807, 2.05) is 22.9 Å². The summed E-state index contributed by atoms with van der Waals surface area (Å²) < 4.78 is 33.1. The molecule has 2 saturated heterocycles. The minimum atomic E-state index is -3.05. The van der Waals surface area contributed by atoms with Crippen molar-refractivity contribution >= 4 is 47.2 Å². The lowest BCUT2D eigenvalue weighted by molar-refractivity contribution is -0.134. The first-order chi connectivity index (χ1) is 21.4. The van der Waals surface area contributed by atoms with Gasteiger partial charge in [-0.15, -0.1) is 11.8 Å². The van der Waals surface area contributed by atoms with E-state index in [-0.39, 0.29) is 41.7 Å². The van der Waals surface area contributed by atoms with Gasteiger partial charge in [0.15, 0.2) is 5.82 Å². The van der Waals surface area contributed by atoms with Gasteiger partial charge in [0.1, 0.15) is 18.0 Å². The molecule has 0 saturated carbocycles. The van der Waals surface area contributed by atoms with E-state index in [1.165, 1.54) is 46.9 Å². The van der Waals surface area contributed by atoms with Gasteiger partial charge >= 0.3 is 6.61 Å². The molecule has 1 aromatic heterocycles. The van der Waals surface area contributed by atoms with Gasteiger partial charge in [-0.2, -0.15) is 25.6 Å². The summed E-state index contributed by atoms with van der Waals surface area (Å²) >= 11 is 3.43. The number of piperazine rings is 1. The van der Waals surface area contributed by atoms with Crippen LogP contribution in [0, 0.1) is 0 Å². The lowest BCUT2D eigenvalue weighted by atomic mass is 10.1. The van der Waals surface area contributed by atoms with Crippen molar-refractivity contribution in [2.75, 3.05) is 55.8 Å². The number of allylic oxidation sites excluding steroid dienone is 1. The van der Waals surface area contributed by atoms with Crippen molar-refractivity contribution in [3.63, 3.8) is 0 Å². The number of benzene rings is 1. The lowest BCUT2D eigenvalue weighted by Crippen LogP contribution is -2.53. The van der Waals surface area contributed by atoms with E-state index in [0.717, 1.165) is 18.0 Å². The number of nitrogens with one attached hydrogen (secondary N) is 2. The molecule has 1 aromatic carbocycles. The zero-order valence-corrected chi connectivity index (χ0v) is 25.9. The Hall–Kier alpha value is -3.40. The van der Waals surface area contributed by atoms with Crippen LogP contribution >= 0.6 is 23.5 Å². The number of aliphatic imine (C=N–C) groups is 1. The number of carbonyl (C=O) groups excluding carboxylic acids is 2. The maximum absolute atomic E-state index is 13.5. The number of hydrogen-bond donors (Lipinski definition) is 2. The van der Waals surface area contributed by atoms with Gasteiger partial charge < -0.3 is 15.0 Å². The van der Waals surface area contributed by atoms with E-state index in [9.17, 15) is 18.4 Å². The van der Waals surface area contributed by atoms with E-state index < -0.39 is 12.5 Å². The molecule has 0 atom stereocenters. The molecule has 2 N–H and O–H groups in total. The van der Waals surface area contributed by atoms with Gasteiger partial charge in [-0.05, 0) is 54.9 Å². The van der Waals surface area contributed by atoms with Crippen LogP contribution in [-0.2, 0) is 16.1 Å². The smallest absolute Gasteiger partial charge is 0.387 e. The Morgan fingerprint density at radius 2 is 2.00 bits per heavy atom. The van der Waals surface area contributed by atoms with E-state index in [1.54, 1.807) is 41.8 Å². The second-order valence-corrected chi connectivity index (χ2v) is 12.8. The molecule has 0 radical (unpaired) electrons. The number of amides is 2. The van der Waals surface area contributed by atoms with Gasteiger partial charge in [0.25, 0.3) is 5.91 Å². The average Bonchev–Trinajstić information content (AvgIpc) is 3.65. The van der Waals surface area contributed by atoms with Crippen LogP contribution in [0.5, 0.6) is 5.75 Å². The van der Waals surface area contributed by atoms with Gasteiger partial charge in [0.05, 0.1) is 11.3 Å². The summed E-state index contributed by atoms with van der Waals surface area (Å²) in [6, 6.07) is 5.41. The molecule has 4 aliphatic heterocycles. The quantitative estimate of drug-likeness (QED) is 0.397. The Bertz CT molecular complexity index is 1480. The topological polar surface area (TPSA) is 107 Å². The Balaban J connectivity index is 1.25. The van der Waals surface area contributed by atoms with Crippen molar-refractivity contribution in [2.45, 2.75) is 36.9 Å². The fourth-order valence-corrected chi connectivity index (χ4v) is 7.30. The van der Waals surface area contributed by atoms with Gasteiger partial charge in [-0.25, -0.2) is 10.4 Å². The minimum Gasteiger partial charge on any atom is -0.434 e. The highest BCUT2D eigenvalue weighted by Gasteiger charge is 2.30. The molecule has 11 nitrogen and oxygen atoms in total. The first-order valence-electron chi connectivity index (χ1n) is 14.5. The Morgan fingerprint density at radius 1 is 1.20 bits per heavy atom. The number of rotatable bonds is 9. The fourth-order valence-electron chi connectivity index (χ4n) is 5.78. The summed E-state index contributed by atoms with van der Waals surface area (Å²) in [6.07, 6.45) is 10.9. The van der Waals surface area contributed by atoms with Gasteiger partial charge in [-0.3, -0.25) is 24.2 Å². The van der Waals surface area contributed by atoms with Gasteiger partial charge in [-0.1, -0.05) is 0 Å². The van der Waals surface area contributed by atoms with Crippen LogP contribution in [0.25, 0.3) is 11.3 Å². The van der Waals surface area contributed by atoms with E-state index in [0.29, 0.717) is 30.5 Å². The van der Waals surface area contributed by atoms with Crippen molar-refractivity contribution in [2.24, 2.45) is 4.99 Å². The Kier molecular flexibility index (Phi) is 9.54. The highest BCUT2D eigenvalue weighted by atomic mass is 32.2. The molecule has 0 unspecified atom stereocenters. The summed E-state index contributed by atoms with van der Waals surface area (Å²) in [6.45, 7) is 0.0783. The van der Waals surface area contributed by atoms with E-state index in [2.05, 4.69) is 25.7 Å². The minimum absolute atomic E-state index is 0.0609. The highest BCUT2D eigenvalue weighted by molar-refractivity contribution is 7.99. The third kappa shape index (κ3) is 6.80. The number of thioether (sulfide) groups is 2. The average molecular weight is 645 g/mol. The maximum Gasteiger partial charge on any atom is 0.387 e. The van der Waals surface area contributed by atoms with Crippen molar-refractivity contribution in [1.82, 2.24) is 30.0 Å². The Morgan fingerprint density at radius 3 is 2.75 bits per heavy atom. The molecule has 5 heterocycles. The van der Waals surface area contributed by atoms with Crippen molar-refractivity contribution in [1.29, 1.82) is 0 Å². The number of fused-ring (bicyclic) bond motifs is 1. The summed E-state index contributed by atoms with van der Waals surface area (Å²) in [4.78, 5) is 36.3. The molecule has 2 aromatic rings. The van der Waals surface area contributed by atoms with Crippen molar-refractivity contribution < 1.29 is 23.1 Å². The zero-order valence-electron chi connectivity index (χ0n) is 24.2. The molecule has 0 bridgehead atoms. The molecule has 4 aliphatic rings. The highest BCUT2D eigenvalue weighted by Crippen LogP contribution is 2.38. The monoisotopic (exact) mass is 644 g/mol. The molecular weight excluding hydrogens is 611 g/mol. The molecule has 2 amide bonds. The first-order valence-corrected chi connectivity index (χ1v) is 16.9. The van der Waals surface area contributed by atoms with Crippen LogP contribution < -0.4 is 15.5 Å². The SMILES string of the molecule is CSc1ccc(OC(F)F)c(-c2nn(CC(=O)N3CCN(C4CCSCC4)CC3)cc2NC(=O)C2=C3N=CC=CN3NC2)c1. The largest absolute Gasteiger partial charge is 0.434 e. The molecule has 234 valence electrons. The van der Waals surface area contributed by atoms with Crippen LogP contribution in [0.15, 0.2) is 58.0 Å². The standard InChI is InChI=1S/C29H34F2N8O3S2/c1-43-20-3-4-24(42-29(30)31)21(15-20)26-23(34-28(41)22-16-33-39-8-2-7-32-27(22)39)17-38(35-26)18-25(40)37-11-9-36(10-12-37)19-5-13-44-14-6-19/h2-4,7-8,15,17,19,29,33H,5-6,9-14,16,18H2,1H3,(H,34,41). The van der Waals surface area contributed by atoms with Gasteiger partial charge in [0.2, 0.25) is 5.91 Å². The predicted octanol–water partition coefficient (Wildman–Crippen LogP) is 3.48. The number of halogens is 2. The summed E-state index contributed by atoms with van der Waals surface area (Å²) in [7, 11) is 0. The molecule has 2 fully saturated rings. The van der Waals surface area contributed by atoms with Crippen LogP contribution in [0.2, 0.25) is 0 Å². The zero-order chi connectivity index (χ0) is 30.6. The van der Waals surface area contributed by atoms with E-state index >= 15 is 0 Å². The summed E-state index contributed by atoms with van der Waals surface area (Å²) in [5, 5.41) is 9.18. The number of hydrazine groups is 1. The molecular formula is C29H34F2N8O3S2. The lowest BCUT2D eigenvalue weighted by Gasteiger charge is -2.40. The number of ether oxygens (including phenoxy) is 1. The first kappa shape index (κ1) is 30.6. The molecule has 0 aliphatic carbocycles. The predicted molar refractivity (Wildman–Crippen MR) is 168 cm³/mol. The number of alkyl halides is 2. The van der Waals surface area contributed by atoms with Crippen molar-refractivity contribution in [3.05, 3.63) is 48.1 Å². The number of anilines is 1. The molecule has 44 heavy (non-hydrogen) atoms. The number of aromatic nitrogens is 2. The Labute approximate surface area is 262 Å². The number of carbonyl (C=O) groups is 2. The summed E-state index contributed by atoms with van der Waals surface area (Å²) in [5.41, 5.74) is 4.24. The molecule has 15 heteroatoms. The van der Waals surface area contributed by atoms with Crippen LogP contribution in [0.1, 0.15) is 12.8 Å². The normalized spacial score (nSPS) is 19.2. The van der Waals surface area contributed by atoms with Gasteiger partial charge in [0, 0.05) is 67.8 Å². The van der Waals surface area contributed by atoms with Crippen LogP contribution in [0.3, 0.4) is 0 Å². The number of hydrogen-bond acceptors (Lipinski definition) is 10. The van der Waals surface area contributed by atoms with Crippen LogP contribution in [-0.4, -0.2) is 106 Å². The van der Waals surface area contributed by atoms with Crippen LogP contribution in [0.4, 0.5) is 14.5 Å². The van der Waals surface area contributed by atoms with E-state index in [4.69, 9.17) is 4.74 Å². The maximum atomic E-state index is 13.5. The second-order valence-electron chi connectivity index (χ2n) is 10.7. The number of nitrogens with zero attached hydrogens (tertiary/aromatic N) is 6. The fraction of sp³-hybridized carbons (Fsp3) is 0.448. The van der Waals surface area contributed by atoms with Crippen molar-refractivity contribution in [3.8, 4) is 17.0 Å². The molecule has 6 rings (SSSR count).